The van der Waals surface area contributed by atoms with E-state index < -0.39 is 0 Å². The normalized spacial score (nSPS) is 14.9. The van der Waals surface area contributed by atoms with Crippen LogP contribution in [0.4, 0.5) is 0 Å². The summed E-state index contributed by atoms with van der Waals surface area (Å²) in [6.45, 7) is 2.94. The predicted molar refractivity (Wildman–Crippen MR) is 109 cm³/mol. The van der Waals surface area contributed by atoms with Gasteiger partial charge >= 0.3 is 0 Å². The van der Waals surface area contributed by atoms with Crippen LogP contribution in [0.1, 0.15) is 48.0 Å². The average Bonchev–Trinajstić information content (AvgIpc) is 3.24. The van der Waals surface area contributed by atoms with E-state index in [-0.39, 0.29) is 11.9 Å². The van der Waals surface area contributed by atoms with Crippen molar-refractivity contribution in [1.29, 1.82) is 0 Å². The zero-order chi connectivity index (χ0) is 18.6. The van der Waals surface area contributed by atoms with Gasteiger partial charge in [0.2, 0.25) is 5.91 Å². The van der Waals surface area contributed by atoms with Crippen molar-refractivity contribution < 1.29 is 4.79 Å². The molecule has 1 fully saturated rings. The molecule has 1 aliphatic carbocycles. The van der Waals surface area contributed by atoms with Gasteiger partial charge in [0.1, 0.15) is 5.82 Å². The first-order valence-corrected chi connectivity index (χ1v) is 11.1. The summed E-state index contributed by atoms with van der Waals surface area (Å²) < 4.78 is 2.14. The average molecular weight is 399 g/mol. The van der Waals surface area contributed by atoms with Crippen LogP contribution in [0.3, 0.4) is 0 Å². The summed E-state index contributed by atoms with van der Waals surface area (Å²) in [6, 6.07) is 14.0. The first-order chi connectivity index (χ1) is 13.3. The van der Waals surface area contributed by atoms with Crippen LogP contribution in [0.15, 0.2) is 53.0 Å². The van der Waals surface area contributed by atoms with Gasteiger partial charge < -0.3 is 9.88 Å². The Hall–Kier alpha value is -2.12. The van der Waals surface area contributed by atoms with Crippen molar-refractivity contribution in [3.63, 3.8) is 0 Å². The minimum Gasteiger partial charge on any atom is -0.344 e. The molecule has 3 aromatic rings. The molecule has 1 N–H and O–H groups in total. The molecule has 1 unspecified atom stereocenters. The number of carbonyl (C=O) groups excluding carboxylic acids is 1. The highest BCUT2D eigenvalue weighted by atomic mass is 32.2. The largest absolute Gasteiger partial charge is 0.344 e. The second-order valence-corrected chi connectivity index (χ2v) is 8.50. The number of thiophene rings is 1. The Balaban J connectivity index is 1.43. The molecule has 1 amide bonds. The number of hydrogen-bond acceptors (Lipinski definition) is 5. The summed E-state index contributed by atoms with van der Waals surface area (Å²) in [7, 11) is 0. The van der Waals surface area contributed by atoms with Gasteiger partial charge in [-0.25, -0.2) is 0 Å². The second-order valence-electron chi connectivity index (χ2n) is 6.57. The number of nitrogens with zero attached hydrogens (tertiary/aromatic N) is 3. The third kappa shape index (κ3) is 4.25. The Morgan fingerprint density at radius 1 is 1.26 bits per heavy atom. The summed E-state index contributed by atoms with van der Waals surface area (Å²) in [6.07, 6.45) is 2.39. The quantitative estimate of drug-likeness (QED) is 0.577. The monoisotopic (exact) mass is 398 g/mol. The molecule has 4 rings (SSSR count). The van der Waals surface area contributed by atoms with Crippen LogP contribution < -0.4 is 5.32 Å². The molecular formula is C20H22N4OS2. The van der Waals surface area contributed by atoms with Crippen molar-refractivity contribution in [1.82, 2.24) is 20.1 Å². The standard InChI is InChI=1S/C20H22N4OS2/c1-2-24-19(15-10-11-15)22-23-20(24)27-13-17(25)21-18(16-9-6-12-26-16)14-7-4-3-5-8-14/h3-9,12,15,18H,2,10-11,13H2,1H3,(H,21,25). The van der Waals surface area contributed by atoms with Crippen LogP contribution in [0, 0.1) is 0 Å². The molecule has 2 aromatic heterocycles. The molecular weight excluding hydrogens is 376 g/mol. The van der Waals surface area contributed by atoms with E-state index in [4.69, 9.17) is 0 Å². The van der Waals surface area contributed by atoms with Crippen LogP contribution in [-0.4, -0.2) is 26.4 Å². The zero-order valence-electron chi connectivity index (χ0n) is 15.2. The number of aromatic nitrogens is 3. The summed E-state index contributed by atoms with van der Waals surface area (Å²) >= 11 is 3.11. The van der Waals surface area contributed by atoms with Crippen molar-refractivity contribution in [3.8, 4) is 0 Å². The van der Waals surface area contributed by atoms with Crippen LogP contribution in [0.25, 0.3) is 0 Å². The van der Waals surface area contributed by atoms with Gasteiger partial charge in [-0.3, -0.25) is 4.79 Å². The SMILES string of the molecule is CCn1c(SCC(=O)NC(c2ccccc2)c2cccs2)nnc1C1CC1. The zero-order valence-corrected chi connectivity index (χ0v) is 16.8. The van der Waals surface area contributed by atoms with Crippen molar-refractivity contribution in [3.05, 3.63) is 64.1 Å². The lowest BCUT2D eigenvalue weighted by Gasteiger charge is -2.18. The smallest absolute Gasteiger partial charge is 0.231 e. The molecule has 0 saturated heterocycles. The third-order valence-electron chi connectivity index (χ3n) is 4.60. The maximum atomic E-state index is 12.7. The highest BCUT2D eigenvalue weighted by molar-refractivity contribution is 7.99. The summed E-state index contributed by atoms with van der Waals surface area (Å²) in [5, 5.41) is 14.7. The van der Waals surface area contributed by atoms with Gasteiger partial charge in [0, 0.05) is 17.3 Å². The van der Waals surface area contributed by atoms with Crippen molar-refractivity contribution in [2.75, 3.05) is 5.75 Å². The van der Waals surface area contributed by atoms with Crippen molar-refractivity contribution in [2.24, 2.45) is 0 Å². The van der Waals surface area contributed by atoms with Gasteiger partial charge in [-0.05, 0) is 36.8 Å². The lowest BCUT2D eigenvalue weighted by atomic mass is 10.1. The summed E-state index contributed by atoms with van der Waals surface area (Å²) in [5.74, 6) is 1.96. The van der Waals surface area contributed by atoms with E-state index in [1.165, 1.54) is 24.6 Å². The van der Waals surface area contributed by atoms with Crippen LogP contribution in [-0.2, 0) is 11.3 Å². The summed E-state index contributed by atoms with van der Waals surface area (Å²) in [4.78, 5) is 13.8. The van der Waals surface area contributed by atoms with E-state index in [0.29, 0.717) is 11.7 Å². The molecule has 1 aromatic carbocycles. The van der Waals surface area contributed by atoms with E-state index in [1.54, 1.807) is 11.3 Å². The highest BCUT2D eigenvalue weighted by Gasteiger charge is 2.30. The number of nitrogens with one attached hydrogen (secondary N) is 1. The highest BCUT2D eigenvalue weighted by Crippen LogP contribution is 2.40. The van der Waals surface area contributed by atoms with Crippen LogP contribution in [0.2, 0.25) is 0 Å². The lowest BCUT2D eigenvalue weighted by molar-refractivity contribution is -0.119. The van der Waals surface area contributed by atoms with E-state index in [0.717, 1.165) is 28.0 Å². The number of hydrogen-bond donors (Lipinski definition) is 1. The predicted octanol–water partition coefficient (Wildman–Crippen LogP) is 4.23. The van der Waals surface area contributed by atoms with Crippen molar-refractivity contribution >= 4 is 29.0 Å². The maximum absolute atomic E-state index is 12.7. The van der Waals surface area contributed by atoms with Gasteiger partial charge in [0.15, 0.2) is 5.16 Å². The van der Waals surface area contributed by atoms with E-state index in [9.17, 15) is 4.79 Å². The molecule has 140 valence electrons. The summed E-state index contributed by atoms with van der Waals surface area (Å²) in [5.41, 5.74) is 1.09. The van der Waals surface area contributed by atoms with Crippen LogP contribution >= 0.6 is 23.1 Å². The number of rotatable bonds is 8. The van der Waals surface area contributed by atoms with Gasteiger partial charge in [0.05, 0.1) is 11.8 Å². The Bertz CT molecular complexity index is 888. The molecule has 0 aliphatic heterocycles. The molecule has 7 heteroatoms. The van der Waals surface area contributed by atoms with Gasteiger partial charge in [-0.15, -0.1) is 21.5 Å². The molecule has 27 heavy (non-hydrogen) atoms. The van der Waals surface area contributed by atoms with Crippen molar-refractivity contribution in [2.45, 2.75) is 43.4 Å². The Labute approximate surface area is 167 Å². The van der Waals surface area contributed by atoms with E-state index in [1.807, 2.05) is 41.8 Å². The fourth-order valence-electron chi connectivity index (χ4n) is 3.10. The first kappa shape index (κ1) is 18.3. The number of benzene rings is 1. The minimum atomic E-state index is -0.120. The third-order valence-corrected chi connectivity index (χ3v) is 6.51. The molecule has 5 nitrogen and oxygen atoms in total. The lowest BCUT2D eigenvalue weighted by Crippen LogP contribution is -2.30. The fraction of sp³-hybridized carbons (Fsp3) is 0.350. The molecule has 0 radical (unpaired) electrons. The second kappa shape index (κ2) is 8.27. The van der Waals surface area contributed by atoms with Gasteiger partial charge in [-0.1, -0.05) is 48.2 Å². The minimum absolute atomic E-state index is 0.000813. The molecule has 1 aliphatic rings. The molecule has 0 bridgehead atoms. The van der Waals surface area contributed by atoms with E-state index in [2.05, 4.69) is 33.1 Å². The van der Waals surface area contributed by atoms with E-state index >= 15 is 0 Å². The molecule has 1 atom stereocenters. The number of carbonyl (C=O) groups is 1. The first-order valence-electron chi connectivity index (χ1n) is 9.20. The molecule has 2 heterocycles. The Morgan fingerprint density at radius 2 is 2.07 bits per heavy atom. The topological polar surface area (TPSA) is 59.8 Å². The van der Waals surface area contributed by atoms with Crippen LogP contribution in [0.5, 0.6) is 0 Å². The fourth-order valence-corrected chi connectivity index (χ4v) is 4.72. The maximum Gasteiger partial charge on any atom is 0.231 e. The molecule has 1 saturated carbocycles. The van der Waals surface area contributed by atoms with Gasteiger partial charge in [-0.2, -0.15) is 0 Å². The number of thioether (sulfide) groups is 1. The van der Waals surface area contributed by atoms with Gasteiger partial charge in [0.25, 0.3) is 0 Å². The Kier molecular flexibility index (Phi) is 5.59. The Morgan fingerprint density at radius 3 is 2.74 bits per heavy atom. The number of amides is 1. The molecule has 0 spiro atoms.